The molecule has 0 spiro atoms. The van der Waals surface area contributed by atoms with Crippen molar-refractivity contribution in [3.8, 4) is 0 Å². The van der Waals surface area contributed by atoms with Crippen LogP contribution in [0.5, 0.6) is 0 Å². The van der Waals surface area contributed by atoms with Crippen molar-refractivity contribution in [2.45, 2.75) is 25.0 Å². The lowest BCUT2D eigenvalue weighted by molar-refractivity contribution is -0.488. The van der Waals surface area contributed by atoms with E-state index in [0.29, 0.717) is 12.2 Å². The zero-order chi connectivity index (χ0) is 17.2. The first-order valence-electron chi connectivity index (χ1n) is 7.99. The predicted octanol–water partition coefficient (Wildman–Crippen LogP) is 4.36. The first-order valence-corrected chi connectivity index (χ1v) is 8.97. The summed E-state index contributed by atoms with van der Waals surface area (Å²) in [6, 6.07) is 19.6. The molecule has 0 unspecified atom stereocenters. The van der Waals surface area contributed by atoms with Crippen molar-refractivity contribution in [2.75, 3.05) is 6.54 Å². The van der Waals surface area contributed by atoms with Crippen molar-refractivity contribution in [2.24, 2.45) is 5.92 Å². The smallest absolute Gasteiger partial charge is 0.207 e. The second-order valence-corrected chi connectivity index (χ2v) is 6.79. The summed E-state index contributed by atoms with van der Waals surface area (Å²) in [6.07, 6.45) is 1.67. The zero-order valence-electron chi connectivity index (χ0n) is 13.5. The normalized spacial score (nSPS) is 11.8. The Hall–Kier alpha value is -2.14. The maximum atomic E-state index is 12.2. The van der Waals surface area contributed by atoms with E-state index in [2.05, 4.69) is 0 Å². The van der Waals surface area contributed by atoms with Gasteiger partial charge in [-0.05, 0) is 24.0 Å². The summed E-state index contributed by atoms with van der Waals surface area (Å²) in [5.41, 5.74) is 2.24. The number of benzene rings is 2. The number of rotatable bonds is 9. The molecular formula is C19H21NO3S. The third kappa shape index (κ3) is 6.96. The van der Waals surface area contributed by atoms with Crippen molar-refractivity contribution in [1.82, 2.24) is 0 Å². The molecule has 24 heavy (non-hydrogen) atoms. The second-order valence-electron chi connectivity index (χ2n) is 5.76. The first-order chi connectivity index (χ1) is 11.6. The van der Waals surface area contributed by atoms with Gasteiger partial charge in [0.1, 0.15) is 0 Å². The Bertz CT molecular complexity index is 646. The maximum Gasteiger partial charge on any atom is 0.207 e. The maximum absolute atomic E-state index is 12.2. The molecule has 4 nitrogen and oxygen atoms in total. The molecule has 5 heteroatoms. The minimum atomic E-state index is -0.315. The molecule has 0 aliphatic carbocycles. The van der Waals surface area contributed by atoms with Gasteiger partial charge in [0.05, 0.1) is 0 Å². The van der Waals surface area contributed by atoms with Gasteiger partial charge in [-0.3, -0.25) is 14.9 Å². The molecule has 0 heterocycles. The highest BCUT2D eigenvalue weighted by atomic mass is 32.2. The summed E-state index contributed by atoms with van der Waals surface area (Å²) in [7, 11) is 0. The van der Waals surface area contributed by atoms with Crippen molar-refractivity contribution in [3.63, 3.8) is 0 Å². The topological polar surface area (TPSA) is 60.2 Å². The molecule has 0 aliphatic heterocycles. The van der Waals surface area contributed by atoms with Crippen LogP contribution in [0.4, 0.5) is 0 Å². The number of nitro groups is 1. The van der Waals surface area contributed by atoms with Crippen molar-refractivity contribution >= 4 is 16.9 Å². The van der Waals surface area contributed by atoms with E-state index in [1.807, 2.05) is 60.7 Å². The van der Waals surface area contributed by atoms with Crippen molar-refractivity contribution < 1.29 is 9.72 Å². The molecule has 126 valence electrons. The molecule has 0 amide bonds. The van der Waals surface area contributed by atoms with E-state index in [0.717, 1.165) is 17.5 Å². The standard InChI is InChI=1S/C19H21NO3S/c21-19(24-15-17-9-5-2-6-10-17)13-18(14-20(22)23)12-11-16-7-3-1-4-8-16/h1-10,18H,11-15H2/t18-/m1/s1. The summed E-state index contributed by atoms with van der Waals surface area (Å²) in [4.78, 5) is 22.7. The van der Waals surface area contributed by atoms with E-state index in [1.54, 1.807) is 0 Å². The van der Waals surface area contributed by atoms with Crippen LogP contribution in [-0.2, 0) is 17.0 Å². The Balaban J connectivity index is 1.83. The van der Waals surface area contributed by atoms with Gasteiger partial charge in [0.15, 0.2) is 5.12 Å². The van der Waals surface area contributed by atoms with Gasteiger partial charge in [-0.15, -0.1) is 0 Å². The molecule has 2 rings (SSSR count). The van der Waals surface area contributed by atoms with E-state index >= 15 is 0 Å². The van der Waals surface area contributed by atoms with Gasteiger partial charge < -0.3 is 0 Å². The number of thioether (sulfide) groups is 1. The Labute approximate surface area is 146 Å². The summed E-state index contributed by atoms with van der Waals surface area (Å²) in [5, 5.41) is 10.9. The number of hydrogen-bond donors (Lipinski definition) is 0. The van der Waals surface area contributed by atoms with Crippen molar-refractivity contribution in [3.05, 3.63) is 81.9 Å². The number of aryl methyl sites for hydroxylation is 1. The van der Waals surface area contributed by atoms with Gasteiger partial charge in [-0.2, -0.15) is 0 Å². The van der Waals surface area contributed by atoms with E-state index in [4.69, 9.17) is 0 Å². The SMILES string of the molecule is O=C(C[C@@H](CCc1ccccc1)C[N+](=O)[O-])SCc1ccccc1. The van der Waals surface area contributed by atoms with Gasteiger partial charge in [-0.25, -0.2) is 0 Å². The summed E-state index contributed by atoms with van der Waals surface area (Å²) in [5.74, 6) is 0.403. The molecule has 0 radical (unpaired) electrons. The van der Waals surface area contributed by atoms with Gasteiger partial charge in [0.25, 0.3) is 0 Å². The van der Waals surface area contributed by atoms with Crippen molar-refractivity contribution in [1.29, 1.82) is 0 Å². The third-order valence-electron chi connectivity index (χ3n) is 3.79. The summed E-state index contributed by atoms with van der Waals surface area (Å²) >= 11 is 1.25. The third-order valence-corrected chi connectivity index (χ3v) is 4.76. The van der Waals surface area contributed by atoms with Crippen LogP contribution in [0.3, 0.4) is 0 Å². The summed E-state index contributed by atoms with van der Waals surface area (Å²) in [6.45, 7) is -0.148. The molecule has 0 saturated carbocycles. The van der Waals surface area contributed by atoms with Crippen LogP contribution < -0.4 is 0 Å². The quantitative estimate of drug-likeness (QED) is 0.501. The van der Waals surface area contributed by atoms with E-state index in [9.17, 15) is 14.9 Å². The fraction of sp³-hybridized carbons (Fsp3) is 0.316. The van der Waals surface area contributed by atoms with Crippen LogP contribution in [0.1, 0.15) is 24.0 Å². The fourth-order valence-electron chi connectivity index (χ4n) is 2.52. The molecule has 0 aromatic heterocycles. The van der Waals surface area contributed by atoms with E-state index < -0.39 is 0 Å². The van der Waals surface area contributed by atoms with Crippen LogP contribution >= 0.6 is 11.8 Å². The number of nitrogens with zero attached hydrogens (tertiary/aromatic N) is 1. The first kappa shape index (κ1) is 18.2. The van der Waals surface area contributed by atoms with Crippen LogP contribution in [0, 0.1) is 16.0 Å². The van der Waals surface area contributed by atoms with Gasteiger partial charge in [0, 0.05) is 23.0 Å². The molecule has 0 fully saturated rings. The molecule has 2 aromatic carbocycles. The predicted molar refractivity (Wildman–Crippen MR) is 97.5 cm³/mol. The number of carbonyl (C=O) groups is 1. The highest BCUT2D eigenvalue weighted by Gasteiger charge is 2.19. The molecule has 0 saturated heterocycles. The molecule has 0 bridgehead atoms. The average Bonchev–Trinajstić information content (AvgIpc) is 2.59. The molecule has 2 aromatic rings. The highest BCUT2D eigenvalue weighted by molar-refractivity contribution is 8.12. The molecule has 0 N–H and O–H groups in total. The minimum absolute atomic E-state index is 0.0266. The van der Waals surface area contributed by atoms with Crippen LogP contribution in [0.15, 0.2) is 60.7 Å². The Morgan fingerprint density at radius 2 is 1.58 bits per heavy atom. The minimum Gasteiger partial charge on any atom is -0.287 e. The van der Waals surface area contributed by atoms with Crippen LogP contribution in [-0.4, -0.2) is 16.6 Å². The number of hydrogen-bond acceptors (Lipinski definition) is 4. The lowest BCUT2D eigenvalue weighted by atomic mass is 9.97. The lowest BCUT2D eigenvalue weighted by Gasteiger charge is -2.12. The Morgan fingerprint density at radius 1 is 1.00 bits per heavy atom. The average molecular weight is 343 g/mol. The lowest BCUT2D eigenvalue weighted by Crippen LogP contribution is -2.18. The number of carbonyl (C=O) groups excluding carboxylic acids is 1. The molecular weight excluding hydrogens is 322 g/mol. The van der Waals surface area contributed by atoms with Crippen LogP contribution in [0.2, 0.25) is 0 Å². The summed E-state index contributed by atoms with van der Waals surface area (Å²) < 4.78 is 0. The largest absolute Gasteiger partial charge is 0.287 e. The monoisotopic (exact) mass is 343 g/mol. The van der Waals surface area contributed by atoms with E-state index in [1.165, 1.54) is 11.8 Å². The fourth-order valence-corrected chi connectivity index (χ4v) is 3.39. The van der Waals surface area contributed by atoms with Gasteiger partial charge in [0.2, 0.25) is 6.54 Å². The molecule has 1 atom stereocenters. The Kier molecular flexibility index (Phi) is 7.49. The van der Waals surface area contributed by atoms with Gasteiger partial charge >= 0.3 is 0 Å². The second kappa shape index (κ2) is 9.88. The van der Waals surface area contributed by atoms with Gasteiger partial charge in [-0.1, -0.05) is 72.4 Å². The Morgan fingerprint density at radius 3 is 2.17 bits per heavy atom. The molecule has 0 aliphatic rings. The zero-order valence-corrected chi connectivity index (χ0v) is 14.3. The van der Waals surface area contributed by atoms with Crippen LogP contribution in [0.25, 0.3) is 0 Å². The van der Waals surface area contributed by atoms with E-state index in [-0.39, 0.29) is 28.9 Å². The highest BCUT2D eigenvalue weighted by Crippen LogP contribution is 2.21.